The number of nitrogens with one attached hydrogen (secondary N) is 1. The summed E-state index contributed by atoms with van der Waals surface area (Å²) in [6.07, 6.45) is -2.74. The van der Waals surface area contributed by atoms with E-state index in [-0.39, 0.29) is 17.8 Å². The van der Waals surface area contributed by atoms with Crippen LogP contribution in [0.5, 0.6) is 0 Å². The number of hydrogen-bond donors (Lipinski definition) is 2. The fraction of sp³-hybridized carbons (Fsp3) is 0.600. The Balaban J connectivity index is 2.90. The lowest BCUT2D eigenvalue weighted by Gasteiger charge is -2.15. The van der Waals surface area contributed by atoms with Crippen molar-refractivity contribution < 1.29 is 13.2 Å². The van der Waals surface area contributed by atoms with Gasteiger partial charge in [0, 0.05) is 12.1 Å². The molecule has 0 bridgehead atoms. The van der Waals surface area contributed by atoms with Crippen LogP contribution in [0.4, 0.5) is 24.9 Å². The lowest BCUT2D eigenvalue weighted by molar-refractivity contribution is -0.141. The van der Waals surface area contributed by atoms with Crippen LogP contribution in [0.15, 0.2) is 6.07 Å². The molecule has 0 saturated carbocycles. The predicted octanol–water partition coefficient (Wildman–Crippen LogP) is 2.68. The Bertz CT molecular complexity index is 378. The SMILES string of the molecule is CCCC(C)Nc1cc(C(F)(F)F)nc(N)n1. The van der Waals surface area contributed by atoms with Crippen LogP contribution in [0.1, 0.15) is 32.4 Å². The minimum atomic E-state index is -4.51. The number of nitrogen functional groups attached to an aromatic ring is 1. The molecule has 1 unspecified atom stereocenters. The normalized spacial score (nSPS) is 13.5. The third-order valence-electron chi connectivity index (χ3n) is 2.15. The van der Waals surface area contributed by atoms with Crippen molar-refractivity contribution in [1.82, 2.24) is 9.97 Å². The maximum absolute atomic E-state index is 12.5. The number of nitrogens with two attached hydrogens (primary N) is 1. The van der Waals surface area contributed by atoms with E-state index in [0.29, 0.717) is 0 Å². The summed E-state index contributed by atoms with van der Waals surface area (Å²) in [6.45, 7) is 3.86. The molecule has 4 nitrogen and oxygen atoms in total. The van der Waals surface area contributed by atoms with Crippen molar-refractivity contribution in [2.75, 3.05) is 11.1 Å². The highest BCUT2D eigenvalue weighted by atomic mass is 19.4. The Morgan fingerprint density at radius 1 is 1.41 bits per heavy atom. The highest BCUT2D eigenvalue weighted by molar-refractivity contribution is 5.41. The highest BCUT2D eigenvalue weighted by Gasteiger charge is 2.33. The van der Waals surface area contributed by atoms with E-state index >= 15 is 0 Å². The number of aromatic nitrogens is 2. The molecular weight excluding hydrogens is 233 g/mol. The average Bonchev–Trinajstić information content (AvgIpc) is 2.15. The number of anilines is 2. The van der Waals surface area contributed by atoms with Crippen LogP contribution in [0.2, 0.25) is 0 Å². The van der Waals surface area contributed by atoms with Gasteiger partial charge in [-0.15, -0.1) is 0 Å². The monoisotopic (exact) mass is 248 g/mol. The first kappa shape index (κ1) is 13.5. The molecule has 0 aliphatic carbocycles. The molecule has 0 aliphatic heterocycles. The Kier molecular flexibility index (Phi) is 4.14. The van der Waals surface area contributed by atoms with Crippen LogP contribution in [0.25, 0.3) is 0 Å². The van der Waals surface area contributed by atoms with E-state index in [1.807, 2.05) is 13.8 Å². The summed E-state index contributed by atoms with van der Waals surface area (Å²) in [5, 5.41) is 2.86. The summed E-state index contributed by atoms with van der Waals surface area (Å²) in [4.78, 5) is 6.89. The van der Waals surface area contributed by atoms with E-state index in [1.54, 1.807) is 0 Å². The van der Waals surface area contributed by atoms with Gasteiger partial charge < -0.3 is 11.1 Å². The molecule has 0 fully saturated rings. The van der Waals surface area contributed by atoms with Crippen molar-refractivity contribution in [3.05, 3.63) is 11.8 Å². The largest absolute Gasteiger partial charge is 0.433 e. The van der Waals surface area contributed by atoms with Gasteiger partial charge in [0.05, 0.1) is 0 Å². The zero-order chi connectivity index (χ0) is 13.1. The van der Waals surface area contributed by atoms with Gasteiger partial charge in [0.2, 0.25) is 5.95 Å². The van der Waals surface area contributed by atoms with Gasteiger partial charge in [0.25, 0.3) is 0 Å². The van der Waals surface area contributed by atoms with Gasteiger partial charge in [0.15, 0.2) is 5.69 Å². The Morgan fingerprint density at radius 3 is 2.59 bits per heavy atom. The molecule has 1 heterocycles. The molecule has 1 aromatic rings. The molecular formula is C10H15F3N4. The highest BCUT2D eigenvalue weighted by Crippen LogP contribution is 2.29. The summed E-state index contributed by atoms with van der Waals surface area (Å²) in [6, 6.07) is 0.901. The first-order valence-corrected chi connectivity index (χ1v) is 5.31. The quantitative estimate of drug-likeness (QED) is 0.859. The molecule has 0 aliphatic rings. The van der Waals surface area contributed by atoms with E-state index in [0.717, 1.165) is 18.9 Å². The van der Waals surface area contributed by atoms with E-state index in [4.69, 9.17) is 5.73 Å². The molecule has 1 aromatic heterocycles. The molecule has 0 amide bonds. The van der Waals surface area contributed by atoms with E-state index in [1.165, 1.54) is 0 Å². The van der Waals surface area contributed by atoms with Gasteiger partial charge >= 0.3 is 6.18 Å². The van der Waals surface area contributed by atoms with E-state index in [9.17, 15) is 13.2 Å². The fourth-order valence-corrected chi connectivity index (χ4v) is 1.44. The number of alkyl halides is 3. The molecule has 0 saturated heterocycles. The summed E-state index contributed by atoms with van der Waals surface area (Å²) in [7, 11) is 0. The number of rotatable bonds is 4. The predicted molar refractivity (Wildman–Crippen MR) is 59.4 cm³/mol. The summed E-state index contributed by atoms with van der Waals surface area (Å²) in [5.74, 6) is -0.281. The minimum Gasteiger partial charge on any atom is -0.368 e. The summed E-state index contributed by atoms with van der Waals surface area (Å²) in [5.41, 5.74) is 4.21. The second-order valence-corrected chi connectivity index (χ2v) is 3.83. The van der Waals surface area contributed by atoms with Crippen molar-refractivity contribution in [1.29, 1.82) is 0 Å². The Hall–Kier alpha value is -1.53. The van der Waals surface area contributed by atoms with Crippen molar-refractivity contribution in [3.63, 3.8) is 0 Å². The molecule has 3 N–H and O–H groups in total. The summed E-state index contributed by atoms with van der Waals surface area (Å²) < 4.78 is 37.4. The molecule has 0 aromatic carbocycles. The van der Waals surface area contributed by atoms with Gasteiger partial charge in [-0.25, -0.2) is 4.98 Å². The zero-order valence-electron chi connectivity index (χ0n) is 9.67. The zero-order valence-corrected chi connectivity index (χ0v) is 9.67. The maximum Gasteiger partial charge on any atom is 0.433 e. The van der Waals surface area contributed by atoms with Crippen LogP contribution in [-0.4, -0.2) is 16.0 Å². The van der Waals surface area contributed by atoms with Crippen LogP contribution in [0.3, 0.4) is 0 Å². The van der Waals surface area contributed by atoms with Crippen molar-refractivity contribution in [2.24, 2.45) is 0 Å². The molecule has 96 valence electrons. The Labute approximate surface area is 97.4 Å². The number of halogens is 3. The number of nitrogens with zero attached hydrogens (tertiary/aromatic N) is 2. The second kappa shape index (κ2) is 5.20. The first-order valence-electron chi connectivity index (χ1n) is 5.31. The lowest BCUT2D eigenvalue weighted by Crippen LogP contribution is -2.18. The van der Waals surface area contributed by atoms with Gasteiger partial charge in [-0.3, -0.25) is 0 Å². The second-order valence-electron chi connectivity index (χ2n) is 3.83. The standard InChI is InChI=1S/C10H15F3N4/c1-3-4-6(2)15-8-5-7(10(11,12)13)16-9(14)17-8/h5-6H,3-4H2,1-2H3,(H3,14,15,16,17). The molecule has 1 rings (SSSR count). The van der Waals surface area contributed by atoms with Crippen molar-refractivity contribution in [3.8, 4) is 0 Å². The van der Waals surface area contributed by atoms with Crippen LogP contribution in [0, 0.1) is 0 Å². The van der Waals surface area contributed by atoms with Crippen molar-refractivity contribution in [2.45, 2.75) is 38.9 Å². The van der Waals surface area contributed by atoms with E-state index < -0.39 is 11.9 Å². The summed E-state index contributed by atoms with van der Waals surface area (Å²) >= 11 is 0. The molecule has 0 spiro atoms. The molecule has 17 heavy (non-hydrogen) atoms. The van der Waals surface area contributed by atoms with E-state index in [2.05, 4.69) is 15.3 Å². The van der Waals surface area contributed by atoms with Gasteiger partial charge in [0.1, 0.15) is 5.82 Å². The molecule has 0 radical (unpaired) electrons. The van der Waals surface area contributed by atoms with Crippen LogP contribution in [-0.2, 0) is 6.18 Å². The average molecular weight is 248 g/mol. The van der Waals surface area contributed by atoms with Crippen LogP contribution < -0.4 is 11.1 Å². The smallest absolute Gasteiger partial charge is 0.368 e. The topological polar surface area (TPSA) is 63.8 Å². The Morgan fingerprint density at radius 2 is 2.06 bits per heavy atom. The third-order valence-corrected chi connectivity index (χ3v) is 2.15. The fourth-order valence-electron chi connectivity index (χ4n) is 1.44. The number of hydrogen-bond acceptors (Lipinski definition) is 4. The lowest BCUT2D eigenvalue weighted by atomic mass is 10.2. The molecule has 7 heteroatoms. The van der Waals surface area contributed by atoms with Crippen LogP contribution >= 0.6 is 0 Å². The minimum absolute atomic E-state index is 0.0374. The van der Waals surface area contributed by atoms with Gasteiger partial charge in [-0.1, -0.05) is 13.3 Å². The van der Waals surface area contributed by atoms with Gasteiger partial charge in [-0.05, 0) is 13.3 Å². The molecule has 1 atom stereocenters. The first-order chi connectivity index (χ1) is 7.82. The van der Waals surface area contributed by atoms with Crippen molar-refractivity contribution >= 4 is 11.8 Å². The third kappa shape index (κ3) is 4.08. The maximum atomic E-state index is 12.5. The van der Waals surface area contributed by atoms with Gasteiger partial charge in [-0.2, -0.15) is 18.2 Å².